The minimum Gasteiger partial charge on any atom is -0.335 e. The van der Waals surface area contributed by atoms with Crippen LogP contribution in [0.15, 0.2) is 12.4 Å². The van der Waals surface area contributed by atoms with Gasteiger partial charge < -0.3 is 19.7 Å². The number of urea groups is 1. The molecule has 0 saturated carbocycles. The van der Waals surface area contributed by atoms with Crippen LogP contribution < -0.4 is 5.32 Å². The van der Waals surface area contributed by atoms with Crippen LogP contribution in [-0.4, -0.2) is 65.2 Å². The van der Waals surface area contributed by atoms with E-state index in [9.17, 15) is 4.79 Å². The number of imidazole rings is 1. The van der Waals surface area contributed by atoms with E-state index in [-0.39, 0.29) is 6.03 Å². The molecule has 3 rings (SSSR count). The lowest BCUT2D eigenvalue weighted by molar-refractivity contribution is 0.179. The lowest BCUT2D eigenvalue weighted by Crippen LogP contribution is -2.48. The van der Waals surface area contributed by atoms with Crippen molar-refractivity contribution >= 4 is 6.03 Å². The highest BCUT2D eigenvalue weighted by atomic mass is 16.2. The molecule has 22 heavy (non-hydrogen) atoms. The van der Waals surface area contributed by atoms with Crippen molar-refractivity contribution in [2.24, 2.45) is 5.92 Å². The quantitative estimate of drug-likeness (QED) is 0.912. The number of hydrogen-bond donors (Lipinski definition) is 1. The average Bonchev–Trinajstić information content (AvgIpc) is 2.97. The zero-order valence-corrected chi connectivity index (χ0v) is 13.7. The summed E-state index contributed by atoms with van der Waals surface area (Å²) in [7, 11) is 4.04. The largest absolute Gasteiger partial charge is 0.335 e. The van der Waals surface area contributed by atoms with E-state index in [2.05, 4.69) is 26.8 Å². The highest BCUT2D eigenvalue weighted by Crippen LogP contribution is 2.20. The number of likely N-dealkylation sites (tertiary alicyclic amines) is 1. The van der Waals surface area contributed by atoms with E-state index < -0.39 is 0 Å². The third-order valence-electron chi connectivity index (χ3n) is 4.98. The fraction of sp³-hybridized carbons (Fsp3) is 0.750. The van der Waals surface area contributed by atoms with Crippen molar-refractivity contribution in [3.05, 3.63) is 18.2 Å². The van der Waals surface area contributed by atoms with Crippen molar-refractivity contribution in [2.45, 2.75) is 38.3 Å². The molecule has 1 atom stereocenters. The highest BCUT2D eigenvalue weighted by Gasteiger charge is 2.24. The maximum Gasteiger partial charge on any atom is 0.317 e. The van der Waals surface area contributed by atoms with Crippen molar-refractivity contribution in [3.8, 4) is 0 Å². The first-order valence-electron chi connectivity index (χ1n) is 8.32. The maximum absolute atomic E-state index is 12.3. The molecular weight excluding hydrogens is 278 g/mol. The molecule has 1 aromatic rings. The standard InChI is InChI=1S/C16H27N5O/c1-19-7-4-14(5-8-19)18-16(22)20(2)12-13-3-9-21-10-6-17-15(21)11-13/h6,10,13-14H,3-5,7-9,11-12H2,1-2H3,(H,18,22). The molecule has 2 aliphatic rings. The normalized spacial score (nSPS) is 23.1. The van der Waals surface area contributed by atoms with E-state index in [1.807, 2.05) is 24.3 Å². The summed E-state index contributed by atoms with van der Waals surface area (Å²) in [5.41, 5.74) is 0. The lowest BCUT2D eigenvalue weighted by atomic mass is 9.97. The zero-order chi connectivity index (χ0) is 15.5. The summed E-state index contributed by atoms with van der Waals surface area (Å²) in [6, 6.07) is 0.403. The highest BCUT2D eigenvalue weighted by molar-refractivity contribution is 5.74. The third kappa shape index (κ3) is 3.61. The van der Waals surface area contributed by atoms with Gasteiger partial charge in [-0.15, -0.1) is 0 Å². The Hall–Kier alpha value is -1.56. The number of amides is 2. The number of nitrogens with zero attached hydrogens (tertiary/aromatic N) is 4. The van der Waals surface area contributed by atoms with Gasteiger partial charge in [-0.2, -0.15) is 0 Å². The Labute approximate surface area is 132 Å². The number of carbonyl (C=O) groups excluding carboxylic acids is 1. The molecule has 6 heteroatoms. The van der Waals surface area contributed by atoms with Crippen molar-refractivity contribution in [1.82, 2.24) is 24.7 Å². The smallest absolute Gasteiger partial charge is 0.317 e. The molecule has 6 nitrogen and oxygen atoms in total. The number of rotatable bonds is 3. The summed E-state index contributed by atoms with van der Waals surface area (Å²) in [6.45, 7) is 3.97. The molecule has 1 N–H and O–H groups in total. The third-order valence-corrected chi connectivity index (χ3v) is 4.98. The van der Waals surface area contributed by atoms with Gasteiger partial charge in [-0.1, -0.05) is 0 Å². The predicted molar refractivity (Wildman–Crippen MR) is 85.7 cm³/mol. The second kappa shape index (κ2) is 6.69. The van der Waals surface area contributed by atoms with Crippen LogP contribution in [0.3, 0.4) is 0 Å². The van der Waals surface area contributed by atoms with Crippen molar-refractivity contribution in [1.29, 1.82) is 0 Å². The van der Waals surface area contributed by atoms with Gasteiger partial charge in [0.1, 0.15) is 5.82 Å². The molecule has 0 aliphatic carbocycles. The van der Waals surface area contributed by atoms with E-state index >= 15 is 0 Å². The monoisotopic (exact) mass is 305 g/mol. The molecule has 122 valence electrons. The maximum atomic E-state index is 12.3. The van der Waals surface area contributed by atoms with Gasteiger partial charge >= 0.3 is 6.03 Å². The van der Waals surface area contributed by atoms with Gasteiger partial charge in [-0.3, -0.25) is 0 Å². The van der Waals surface area contributed by atoms with E-state index in [1.165, 1.54) is 0 Å². The van der Waals surface area contributed by atoms with Gasteiger partial charge in [-0.05, 0) is 45.3 Å². The predicted octanol–water partition coefficient (Wildman–Crippen LogP) is 1.18. The van der Waals surface area contributed by atoms with E-state index in [0.29, 0.717) is 12.0 Å². The average molecular weight is 305 g/mol. The van der Waals surface area contributed by atoms with E-state index in [0.717, 1.165) is 57.7 Å². The minimum atomic E-state index is 0.0727. The summed E-state index contributed by atoms with van der Waals surface area (Å²) in [5.74, 6) is 1.67. The van der Waals surface area contributed by atoms with Crippen LogP contribution >= 0.6 is 0 Å². The Balaban J connectivity index is 1.45. The molecule has 1 unspecified atom stereocenters. The molecule has 0 bridgehead atoms. The Morgan fingerprint density at radius 3 is 2.91 bits per heavy atom. The summed E-state index contributed by atoms with van der Waals surface area (Å²) in [4.78, 5) is 20.9. The summed E-state index contributed by atoms with van der Waals surface area (Å²) >= 11 is 0. The molecular formula is C16H27N5O. The van der Waals surface area contributed by atoms with Crippen molar-refractivity contribution in [2.75, 3.05) is 33.7 Å². The second-order valence-electron chi connectivity index (χ2n) is 6.80. The number of nitrogens with one attached hydrogen (secondary N) is 1. The van der Waals surface area contributed by atoms with Crippen LogP contribution in [0.2, 0.25) is 0 Å². The summed E-state index contributed by atoms with van der Waals surface area (Å²) in [6.07, 6.45) is 8.11. The fourth-order valence-corrected chi connectivity index (χ4v) is 3.48. The van der Waals surface area contributed by atoms with Gasteiger partial charge in [0.25, 0.3) is 0 Å². The minimum absolute atomic E-state index is 0.0727. The molecule has 2 aliphatic heterocycles. The number of piperidine rings is 1. The second-order valence-corrected chi connectivity index (χ2v) is 6.80. The van der Waals surface area contributed by atoms with Crippen LogP contribution in [0.1, 0.15) is 25.1 Å². The Morgan fingerprint density at radius 1 is 1.36 bits per heavy atom. The van der Waals surface area contributed by atoms with E-state index in [4.69, 9.17) is 0 Å². The Bertz CT molecular complexity index is 506. The van der Waals surface area contributed by atoms with Crippen LogP contribution in [-0.2, 0) is 13.0 Å². The van der Waals surface area contributed by atoms with Gasteiger partial charge in [0.15, 0.2) is 0 Å². The summed E-state index contributed by atoms with van der Waals surface area (Å²) < 4.78 is 2.22. The molecule has 0 spiro atoms. The van der Waals surface area contributed by atoms with Crippen molar-refractivity contribution in [3.63, 3.8) is 0 Å². The van der Waals surface area contributed by atoms with Crippen molar-refractivity contribution < 1.29 is 4.79 Å². The molecule has 1 aromatic heterocycles. The van der Waals surface area contributed by atoms with E-state index in [1.54, 1.807) is 0 Å². The number of carbonyl (C=O) groups is 1. The number of aromatic nitrogens is 2. The topological polar surface area (TPSA) is 53.4 Å². The molecule has 0 aromatic carbocycles. The van der Waals surface area contributed by atoms with Gasteiger partial charge in [0.05, 0.1) is 0 Å². The zero-order valence-electron chi connectivity index (χ0n) is 13.7. The molecule has 0 radical (unpaired) electrons. The molecule has 1 fully saturated rings. The van der Waals surface area contributed by atoms with Crippen LogP contribution in [0.4, 0.5) is 4.79 Å². The first kappa shape index (κ1) is 15.3. The van der Waals surface area contributed by atoms with Crippen LogP contribution in [0.5, 0.6) is 0 Å². The Morgan fingerprint density at radius 2 is 2.14 bits per heavy atom. The van der Waals surface area contributed by atoms with Crippen LogP contribution in [0.25, 0.3) is 0 Å². The Kier molecular flexibility index (Phi) is 4.66. The lowest BCUT2D eigenvalue weighted by Gasteiger charge is -2.32. The van der Waals surface area contributed by atoms with Crippen LogP contribution in [0, 0.1) is 5.92 Å². The number of hydrogen-bond acceptors (Lipinski definition) is 3. The molecule has 1 saturated heterocycles. The number of fused-ring (bicyclic) bond motifs is 1. The molecule has 2 amide bonds. The summed E-state index contributed by atoms with van der Waals surface area (Å²) in [5, 5.41) is 3.18. The SMILES string of the molecule is CN1CCC(NC(=O)N(C)CC2CCn3ccnc3C2)CC1. The first-order chi connectivity index (χ1) is 10.6. The fourth-order valence-electron chi connectivity index (χ4n) is 3.48. The van der Waals surface area contributed by atoms with Gasteiger partial charge in [-0.25, -0.2) is 9.78 Å². The molecule has 3 heterocycles. The first-order valence-corrected chi connectivity index (χ1v) is 8.32. The van der Waals surface area contributed by atoms with Gasteiger partial charge in [0.2, 0.25) is 0 Å². The number of aryl methyl sites for hydroxylation is 1. The van der Waals surface area contributed by atoms with Gasteiger partial charge in [0, 0.05) is 45.0 Å².